The standard InChI is InChI=1S/C20H21N5O2S/c1-11-12(2)23-24-19-15(11)16(21)17(28-19)20(27)25-9-8-14(10-25)22-18(26)13-6-4-3-5-7-13/h3-7,14H,8-10,21H2,1-2H3,(H,22,26). The molecule has 3 heterocycles. The average molecular weight is 395 g/mol. The van der Waals surface area contributed by atoms with Crippen LogP contribution in [0.2, 0.25) is 0 Å². The molecule has 8 heteroatoms. The van der Waals surface area contributed by atoms with E-state index < -0.39 is 0 Å². The van der Waals surface area contributed by atoms with Crippen molar-refractivity contribution in [3.8, 4) is 0 Å². The Hall–Kier alpha value is -3.00. The van der Waals surface area contributed by atoms with Gasteiger partial charge in [-0.05, 0) is 38.0 Å². The Kier molecular flexibility index (Phi) is 4.72. The molecular weight excluding hydrogens is 374 g/mol. The smallest absolute Gasteiger partial charge is 0.266 e. The zero-order valence-electron chi connectivity index (χ0n) is 15.7. The number of carbonyl (C=O) groups is 2. The minimum atomic E-state index is -0.123. The number of aromatic nitrogens is 2. The summed E-state index contributed by atoms with van der Waals surface area (Å²) < 4.78 is 0. The minimum Gasteiger partial charge on any atom is -0.397 e. The number of nitrogen functional groups attached to an aromatic ring is 1. The van der Waals surface area contributed by atoms with E-state index in [1.54, 1.807) is 17.0 Å². The van der Waals surface area contributed by atoms with Crippen molar-refractivity contribution in [3.63, 3.8) is 0 Å². The summed E-state index contributed by atoms with van der Waals surface area (Å²) in [4.78, 5) is 28.3. The van der Waals surface area contributed by atoms with Crippen molar-refractivity contribution < 1.29 is 9.59 Å². The lowest BCUT2D eigenvalue weighted by Crippen LogP contribution is -2.38. The molecule has 0 saturated carbocycles. The number of rotatable bonds is 3. The van der Waals surface area contributed by atoms with E-state index in [1.165, 1.54) is 11.3 Å². The van der Waals surface area contributed by atoms with Gasteiger partial charge in [-0.15, -0.1) is 16.4 Å². The number of thiophene rings is 1. The molecule has 1 atom stereocenters. The zero-order chi connectivity index (χ0) is 19.8. The number of nitrogens with two attached hydrogens (primary N) is 1. The second kappa shape index (κ2) is 7.20. The molecule has 1 fully saturated rings. The third-order valence-electron chi connectivity index (χ3n) is 5.18. The number of amides is 2. The third kappa shape index (κ3) is 3.20. The number of anilines is 1. The molecule has 1 aliphatic rings. The van der Waals surface area contributed by atoms with E-state index in [4.69, 9.17) is 5.73 Å². The predicted molar refractivity (Wildman–Crippen MR) is 110 cm³/mol. The molecule has 1 saturated heterocycles. The molecule has 1 unspecified atom stereocenters. The van der Waals surface area contributed by atoms with Crippen LogP contribution in [0.3, 0.4) is 0 Å². The molecule has 2 amide bonds. The second-order valence-electron chi connectivity index (χ2n) is 7.01. The van der Waals surface area contributed by atoms with Crippen molar-refractivity contribution in [2.24, 2.45) is 0 Å². The maximum atomic E-state index is 13.0. The van der Waals surface area contributed by atoms with E-state index in [2.05, 4.69) is 15.5 Å². The molecule has 0 aliphatic carbocycles. The van der Waals surface area contributed by atoms with Crippen molar-refractivity contribution >= 4 is 39.1 Å². The average Bonchev–Trinajstić information content (AvgIpc) is 3.30. The number of hydrogen-bond acceptors (Lipinski definition) is 6. The van der Waals surface area contributed by atoms with Gasteiger partial charge in [0, 0.05) is 30.1 Å². The summed E-state index contributed by atoms with van der Waals surface area (Å²) >= 11 is 1.28. The van der Waals surface area contributed by atoms with Gasteiger partial charge in [0.05, 0.1) is 11.4 Å². The van der Waals surface area contributed by atoms with Gasteiger partial charge in [0.1, 0.15) is 9.71 Å². The Morgan fingerprint density at radius 1 is 1.21 bits per heavy atom. The Balaban J connectivity index is 1.49. The number of likely N-dealkylation sites (tertiary alicyclic amines) is 1. The van der Waals surface area contributed by atoms with Crippen molar-refractivity contribution in [1.29, 1.82) is 0 Å². The summed E-state index contributed by atoms with van der Waals surface area (Å²) in [5, 5.41) is 12.1. The summed E-state index contributed by atoms with van der Waals surface area (Å²) in [6.07, 6.45) is 0.715. The van der Waals surface area contributed by atoms with Crippen LogP contribution >= 0.6 is 11.3 Å². The molecule has 3 N–H and O–H groups in total. The van der Waals surface area contributed by atoms with Gasteiger partial charge in [-0.3, -0.25) is 9.59 Å². The summed E-state index contributed by atoms with van der Waals surface area (Å²) in [7, 11) is 0. The molecule has 144 valence electrons. The number of nitrogens with zero attached hydrogens (tertiary/aromatic N) is 3. The van der Waals surface area contributed by atoms with E-state index in [9.17, 15) is 9.59 Å². The first-order chi connectivity index (χ1) is 13.5. The topological polar surface area (TPSA) is 101 Å². The van der Waals surface area contributed by atoms with Gasteiger partial charge in [0.2, 0.25) is 0 Å². The molecule has 3 aromatic rings. The number of benzene rings is 1. The number of fused-ring (bicyclic) bond motifs is 1. The highest BCUT2D eigenvalue weighted by molar-refractivity contribution is 7.21. The summed E-state index contributed by atoms with van der Waals surface area (Å²) in [6, 6.07) is 9.01. The SMILES string of the molecule is Cc1nnc2sc(C(=O)N3CCC(NC(=O)c4ccccc4)C3)c(N)c2c1C. The lowest BCUT2D eigenvalue weighted by Gasteiger charge is -2.17. The van der Waals surface area contributed by atoms with Crippen LogP contribution in [-0.4, -0.2) is 46.0 Å². The van der Waals surface area contributed by atoms with E-state index in [1.807, 2.05) is 32.0 Å². The van der Waals surface area contributed by atoms with Crippen molar-refractivity contribution in [2.75, 3.05) is 18.8 Å². The van der Waals surface area contributed by atoms with Crippen LogP contribution in [-0.2, 0) is 0 Å². The summed E-state index contributed by atoms with van der Waals surface area (Å²) in [6.45, 7) is 4.86. The molecule has 2 aromatic heterocycles. The van der Waals surface area contributed by atoms with Gasteiger partial charge in [-0.2, -0.15) is 5.10 Å². The molecule has 0 bridgehead atoms. The van der Waals surface area contributed by atoms with Crippen LogP contribution in [0.4, 0.5) is 5.69 Å². The normalized spacial score (nSPS) is 16.5. The molecule has 28 heavy (non-hydrogen) atoms. The molecule has 0 radical (unpaired) electrons. The lowest BCUT2D eigenvalue weighted by molar-refractivity contribution is 0.0788. The first-order valence-electron chi connectivity index (χ1n) is 9.12. The van der Waals surface area contributed by atoms with E-state index in [0.29, 0.717) is 40.5 Å². The maximum absolute atomic E-state index is 13.0. The highest BCUT2D eigenvalue weighted by Gasteiger charge is 2.31. The Morgan fingerprint density at radius 2 is 1.96 bits per heavy atom. The van der Waals surface area contributed by atoms with Crippen LogP contribution in [0.25, 0.3) is 10.2 Å². The van der Waals surface area contributed by atoms with Crippen molar-refractivity contribution in [2.45, 2.75) is 26.3 Å². The minimum absolute atomic E-state index is 0.0731. The molecule has 1 aromatic carbocycles. The number of nitrogens with one attached hydrogen (secondary N) is 1. The van der Waals surface area contributed by atoms with Crippen molar-refractivity contribution in [3.05, 3.63) is 52.0 Å². The van der Waals surface area contributed by atoms with Gasteiger partial charge in [0.25, 0.3) is 11.8 Å². The predicted octanol–water partition coefficient (Wildman–Crippen LogP) is 2.53. The van der Waals surface area contributed by atoms with Crippen LogP contribution in [0.1, 0.15) is 37.7 Å². The highest BCUT2D eigenvalue weighted by atomic mass is 32.1. The van der Waals surface area contributed by atoms with E-state index in [0.717, 1.165) is 16.6 Å². The largest absolute Gasteiger partial charge is 0.397 e. The van der Waals surface area contributed by atoms with Crippen molar-refractivity contribution in [1.82, 2.24) is 20.4 Å². The Bertz CT molecular complexity index is 1060. The monoisotopic (exact) mass is 395 g/mol. The quantitative estimate of drug-likeness (QED) is 0.710. The molecular formula is C20H21N5O2S. The third-order valence-corrected chi connectivity index (χ3v) is 6.25. The number of carbonyl (C=O) groups excluding carboxylic acids is 2. The Labute approximate surface area is 166 Å². The summed E-state index contributed by atoms with van der Waals surface area (Å²) in [5.41, 5.74) is 9.14. The van der Waals surface area contributed by atoms with Crippen LogP contribution in [0, 0.1) is 13.8 Å². The van der Waals surface area contributed by atoms with Gasteiger partial charge in [0.15, 0.2) is 0 Å². The van der Waals surface area contributed by atoms with Crippen LogP contribution in [0.15, 0.2) is 30.3 Å². The van der Waals surface area contributed by atoms with Gasteiger partial charge < -0.3 is 16.0 Å². The van der Waals surface area contributed by atoms with Gasteiger partial charge >= 0.3 is 0 Å². The van der Waals surface area contributed by atoms with Crippen LogP contribution < -0.4 is 11.1 Å². The fraction of sp³-hybridized carbons (Fsp3) is 0.300. The molecule has 0 spiro atoms. The number of aryl methyl sites for hydroxylation is 2. The first-order valence-corrected chi connectivity index (χ1v) is 9.94. The highest BCUT2D eigenvalue weighted by Crippen LogP contribution is 2.36. The molecule has 1 aliphatic heterocycles. The fourth-order valence-electron chi connectivity index (χ4n) is 3.46. The number of hydrogen-bond donors (Lipinski definition) is 2. The first kappa shape index (κ1) is 18.4. The molecule has 7 nitrogen and oxygen atoms in total. The lowest BCUT2D eigenvalue weighted by atomic mass is 10.1. The van der Waals surface area contributed by atoms with E-state index >= 15 is 0 Å². The van der Waals surface area contributed by atoms with Gasteiger partial charge in [-0.25, -0.2) is 0 Å². The molecule has 4 rings (SSSR count). The second-order valence-corrected chi connectivity index (χ2v) is 8.01. The van der Waals surface area contributed by atoms with Gasteiger partial charge in [-0.1, -0.05) is 18.2 Å². The zero-order valence-corrected chi connectivity index (χ0v) is 16.5. The summed E-state index contributed by atoms with van der Waals surface area (Å²) in [5.74, 6) is -0.239. The Morgan fingerprint density at radius 3 is 2.71 bits per heavy atom. The van der Waals surface area contributed by atoms with E-state index in [-0.39, 0.29) is 17.9 Å². The van der Waals surface area contributed by atoms with Crippen LogP contribution in [0.5, 0.6) is 0 Å². The maximum Gasteiger partial charge on any atom is 0.266 e. The fourth-order valence-corrected chi connectivity index (χ4v) is 4.53.